The second kappa shape index (κ2) is 6.26. The van der Waals surface area contributed by atoms with E-state index in [-0.39, 0.29) is 18.9 Å². The third-order valence-electron chi connectivity index (χ3n) is 3.33. The Bertz CT molecular complexity index is 601. The second-order valence-corrected chi connectivity index (χ2v) is 5.44. The van der Waals surface area contributed by atoms with Gasteiger partial charge < -0.3 is 14.4 Å². The average molecular weight is 356 g/mol. The van der Waals surface area contributed by atoms with Crippen LogP contribution in [0, 0.1) is 5.92 Å². The largest absolute Gasteiger partial charge is 0.469 e. The van der Waals surface area contributed by atoms with Crippen molar-refractivity contribution in [1.82, 2.24) is 0 Å². The Morgan fingerprint density at radius 1 is 1.29 bits per heavy atom. The summed E-state index contributed by atoms with van der Waals surface area (Å²) in [5, 5.41) is 0. The minimum Gasteiger partial charge on any atom is -0.469 e. The molecule has 2 rings (SSSR count). The lowest BCUT2D eigenvalue weighted by atomic mass is 10.1. The van der Waals surface area contributed by atoms with Crippen molar-refractivity contribution in [2.45, 2.75) is 6.42 Å². The molecule has 0 aromatic heterocycles. The van der Waals surface area contributed by atoms with Gasteiger partial charge in [0.2, 0.25) is 5.91 Å². The summed E-state index contributed by atoms with van der Waals surface area (Å²) in [5.74, 6) is -1.46. The van der Waals surface area contributed by atoms with Gasteiger partial charge in [0.15, 0.2) is 0 Å². The Morgan fingerprint density at radius 2 is 2.00 bits per heavy atom. The summed E-state index contributed by atoms with van der Waals surface area (Å²) in [6, 6.07) is 4.88. The molecule has 21 heavy (non-hydrogen) atoms. The molecule has 0 radical (unpaired) electrons. The standard InChI is InChI=1S/C14H14BrNO5/c1-20-13(18)8-5-12(17)16(7-8)9-3-4-10(11(15)6-9)14(19)21-2/h3-4,6,8H,5,7H2,1-2H3. The van der Waals surface area contributed by atoms with Gasteiger partial charge in [0.1, 0.15) is 0 Å². The van der Waals surface area contributed by atoms with Crippen molar-refractivity contribution in [2.75, 3.05) is 25.7 Å². The van der Waals surface area contributed by atoms with Gasteiger partial charge in [-0.25, -0.2) is 4.79 Å². The van der Waals surface area contributed by atoms with Crippen molar-refractivity contribution in [1.29, 1.82) is 0 Å². The second-order valence-electron chi connectivity index (χ2n) is 4.58. The van der Waals surface area contributed by atoms with Crippen molar-refractivity contribution in [2.24, 2.45) is 5.92 Å². The zero-order valence-corrected chi connectivity index (χ0v) is 13.2. The van der Waals surface area contributed by atoms with Crippen LogP contribution in [0.5, 0.6) is 0 Å². The molecule has 1 heterocycles. The molecule has 1 atom stereocenters. The number of carbonyl (C=O) groups is 3. The molecule has 1 aromatic carbocycles. The van der Waals surface area contributed by atoms with E-state index in [1.165, 1.54) is 19.1 Å². The SMILES string of the molecule is COC(=O)c1ccc(N2CC(C(=O)OC)CC2=O)cc1Br. The van der Waals surface area contributed by atoms with Gasteiger partial charge in [0, 0.05) is 23.1 Å². The number of hydrogen-bond acceptors (Lipinski definition) is 5. The normalized spacial score (nSPS) is 17.8. The first-order chi connectivity index (χ1) is 9.97. The Balaban J connectivity index is 2.23. The minimum atomic E-state index is -0.464. The number of methoxy groups -OCH3 is 2. The van der Waals surface area contributed by atoms with E-state index in [4.69, 9.17) is 0 Å². The first-order valence-electron chi connectivity index (χ1n) is 6.24. The fraction of sp³-hybridized carbons (Fsp3) is 0.357. The maximum atomic E-state index is 12.0. The van der Waals surface area contributed by atoms with Crippen LogP contribution in [0.1, 0.15) is 16.8 Å². The average Bonchev–Trinajstić information content (AvgIpc) is 2.87. The van der Waals surface area contributed by atoms with Crippen LogP contribution in [-0.2, 0) is 19.1 Å². The molecule has 1 aliphatic rings. The van der Waals surface area contributed by atoms with Gasteiger partial charge in [-0.15, -0.1) is 0 Å². The molecule has 1 amide bonds. The van der Waals surface area contributed by atoms with Gasteiger partial charge in [-0.1, -0.05) is 0 Å². The topological polar surface area (TPSA) is 72.9 Å². The van der Waals surface area contributed by atoms with Crippen molar-refractivity contribution >= 4 is 39.5 Å². The van der Waals surface area contributed by atoms with Crippen molar-refractivity contribution in [3.8, 4) is 0 Å². The summed E-state index contributed by atoms with van der Waals surface area (Å²) >= 11 is 3.28. The Hall–Kier alpha value is -1.89. The number of esters is 2. The third kappa shape index (κ3) is 3.07. The van der Waals surface area contributed by atoms with Crippen LogP contribution in [-0.4, -0.2) is 38.6 Å². The summed E-state index contributed by atoms with van der Waals surface area (Å²) in [5.41, 5.74) is 0.989. The van der Waals surface area contributed by atoms with E-state index < -0.39 is 17.9 Å². The van der Waals surface area contributed by atoms with Gasteiger partial charge in [0.25, 0.3) is 0 Å². The number of carbonyl (C=O) groups excluding carboxylic acids is 3. The molecular formula is C14H14BrNO5. The zero-order valence-electron chi connectivity index (χ0n) is 11.6. The molecular weight excluding hydrogens is 342 g/mol. The number of hydrogen-bond donors (Lipinski definition) is 0. The van der Waals surface area contributed by atoms with E-state index in [0.717, 1.165) is 0 Å². The van der Waals surface area contributed by atoms with Crippen LogP contribution in [0.4, 0.5) is 5.69 Å². The molecule has 6 nitrogen and oxygen atoms in total. The zero-order chi connectivity index (χ0) is 15.6. The maximum Gasteiger partial charge on any atom is 0.339 e. The lowest BCUT2D eigenvalue weighted by molar-refractivity contribution is -0.145. The van der Waals surface area contributed by atoms with E-state index in [9.17, 15) is 14.4 Å². The van der Waals surface area contributed by atoms with Crippen LogP contribution < -0.4 is 4.90 Å². The number of ether oxygens (including phenoxy) is 2. The molecule has 0 spiro atoms. The maximum absolute atomic E-state index is 12.0. The van der Waals surface area contributed by atoms with Gasteiger partial charge in [-0.2, -0.15) is 0 Å². The van der Waals surface area contributed by atoms with E-state index in [0.29, 0.717) is 15.7 Å². The number of benzene rings is 1. The fourth-order valence-corrected chi connectivity index (χ4v) is 2.76. The minimum absolute atomic E-state index is 0.128. The van der Waals surface area contributed by atoms with Crippen molar-refractivity contribution < 1.29 is 23.9 Å². The van der Waals surface area contributed by atoms with E-state index in [2.05, 4.69) is 25.4 Å². The quantitative estimate of drug-likeness (QED) is 0.772. The lowest BCUT2D eigenvalue weighted by Gasteiger charge is -2.17. The smallest absolute Gasteiger partial charge is 0.339 e. The van der Waals surface area contributed by atoms with E-state index >= 15 is 0 Å². The molecule has 1 saturated heterocycles. The molecule has 1 aromatic rings. The molecule has 1 unspecified atom stereocenters. The molecule has 112 valence electrons. The van der Waals surface area contributed by atoms with Gasteiger partial charge >= 0.3 is 11.9 Å². The predicted molar refractivity (Wildman–Crippen MR) is 78.0 cm³/mol. The van der Waals surface area contributed by atoms with Crippen LogP contribution in [0.3, 0.4) is 0 Å². The molecule has 7 heteroatoms. The molecule has 1 fully saturated rings. The summed E-state index contributed by atoms with van der Waals surface area (Å²) in [6.45, 7) is 0.273. The first kappa shape index (κ1) is 15.5. The highest BCUT2D eigenvalue weighted by Crippen LogP contribution is 2.29. The molecule has 0 saturated carbocycles. The predicted octanol–water partition coefficient (Wildman–Crippen LogP) is 1.76. The number of rotatable bonds is 3. The molecule has 1 aliphatic heterocycles. The van der Waals surface area contributed by atoms with Crippen LogP contribution in [0.15, 0.2) is 22.7 Å². The highest BCUT2D eigenvalue weighted by molar-refractivity contribution is 9.10. The summed E-state index contributed by atoms with van der Waals surface area (Å²) < 4.78 is 9.85. The third-order valence-corrected chi connectivity index (χ3v) is 3.99. The number of anilines is 1. The highest BCUT2D eigenvalue weighted by atomic mass is 79.9. The highest BCUT2D eigenvalue weighted by Gasteiger charge is 2.36. The molecule has 0 bridgehead atoms. The van der Waals surface area contributed by atoms with Gasteiger partial charge in [-0.05, 0) is 34.1 Å². The Kier molecular flexibility index (Phi) is 4.62. The Labute approximate surface area is 130 Å². The number of halogens is 1. The number of amides is 1. The van der Waals surface area contributed by atoms with Gasteiger partial charge in [-0.3, -0.25) is 9.59 Å². The first-order valence-corrected chi connectivity index (χ1v) is 7.03. The Morgan fingerprint density at radius 3 is 2.57 bits per heavy atom. The summed E-state index contributed by atoms with van der Waals surface area (Å²) in [6.07, 6.45) is 0.128. The summed E-state index contributed by atoms with van der Waals surface area (Å²) in [7, 11) is 2.60. The van der Waals surface area contributed by atoms with Gasteiger partial charge in [0.05, 0.1) is 25.7 Å². The van der Waals surface area contributed by atoms with Crippen LogP contribution in [0.25, 0.3) is 0 Å². The molecule has 0 aliphatic carbocycles. The van der Waals surface area contributed by atoms with Crippen LogP contribution >= 0.6 is 15.9 Å². The van der Waals surface area contributed by atoms with Crippen LogP contribution in [0.2, 0.25) is 0 Å². The number of nitrogens with zero attached hydrogens (tertiary/aromatic N) is 1. The summed E-state index contributed by atoms with van der Waals surface area (Å²) in [4.78, 5) is 36.5. The van der Waals surface area contributed by atoms with Crippen molar-refractivity contribution in [3.05, 3.63) is 28.2 Å². The lowest BCUT2D eigenvalue weighted by Crippen LogP contribution is -2.26. The monoisotopic (exact) mass is 355 g/mol. The van der Waals surface area contributed by atoms with Crippen molar-refractivity contribution in [3.63, 3.8) is 0 Å². The van der Waals surface area contributed by atoms with E-state index in [1.807, 2.05) is 0 Å². The van der Waals surface area contributed by atoms with E-state index in [1.54, 1.807) is 18.2 Å². The molecule has 0 N–H and O–H groups in total. The fourth-order valence-electron chi connectivity index (χ4n) is 2.23.